The summed E-state index contributed by atoms with van der Waals surface area (Å²) >= 11 is 1.41. The van der Waals surface area contributed by atoms with E-state index in [2.05, 4.69) is 20.6 Å². The maximum absolute atomic E-state index is 12.0. The fourth-order valence-electron chi connectivity index (χ4n) is 1.75. The Bertz CT molecular complexity index is 704. The molecule has 0 fully saturated rings. The molecule has 0 bridgehead atoms. The van der Waals surface area contributed by atoms with Gasteiger partial charge in [-0.05, 0) is 18.6 Å². The second kappa shape index (κ2) is 4.77. The van der Waals surface area contributed by atoms with Crippen LogP contribution in [0.15, 0.2) is 30.6 Å². The fourth-order valence-corrected chi connectivity index (χ4v) is 2.50. The lowest BCUT2D eigenvalue weighted by atomic mass is 10.1. The predicted octanol–water partition coefficient (Wildman–Crippen LogP) is 1.42. The minimum absolute atomic E-state index is 0.0935. The zero-order valence-corrected chi connectivity index (χ0v) is 11.0. The Morgan fingerprint density at radius 2 is 2.26 bits per heavy atom. The van der Waals surface area contributed by atoms with Gasteiger partial charge in [-0.15, -0.1) is 10.2 Å². The molecule has 0 saturated carbocycles. The molecule has 2 heterocycles. The number of rotatable bonds is 3. The van der Waals surface area contributed by atoms with Gasteiger partial charge in [0.25, 0.3) is 5.91 Å². The van der Waals surface area contributed by atoms with Crippen molar-refractivity contribution in [2.45, 2.75) is 13.5 Å². The third kappa shape index (κ3) is 2.32. The van der Waals surface area contributed by atoms with Gasteiger partial charge in [-0.25, -0.2) is 0 Å². The quantitative estimate of drug-likeness (QED) is 0.783. The van der Waals surface area contributed by atoms with Crippen molar-refractivity contribution in [2.24, 2.45) is 0 Å². The molecule has 0 atom stereocenters. The van der Waals surface area contributed by atoms with E-state index in [9.17, 15) is 4.79 Å². The van der Waals surface area contributed by atoms with Crippen molar-refractivity contribution in [1.29, 1.82) is 0 Å². The molecule has 2 aromatic heterocycles. The molecule has 1 amide bonds. The first kappa shape index (κ1) is 11.8. The number of carbonyl (C=O) groups excluding carboxylic acids is 1. The molecule has 0 aliphatic heterocycles. The molecular formula is C12H11N5OS. The number of carbonyl (C=O) groups is 1. The van der Waals surface area contributed by atoms with E-state index in [4.69, 9.17) is 0 Å². The number of nitrogens with one attached hydrogen (secondary N) is 1. The van der Waals surface area contributed by atoms with Crippen LogP contribution >= 0.6 is 11.3 Å². The maximum atomic E-state index is 12.0. The molecule has 0 saturated heterocycles. The van der Waals surface area contributed by atoms with Gasteiger partial charge >= 0.3 is 0 Å². The van der Waals surface area contributed by atoms with Gasteiger partial charge in [0.15, 0.2) is 0 Å². The lowest BCUT2D eigenvalue weighted by molar-refractivity contribution is 0.0950. The minimum atomic E-state index is -0.0935. The molecule has 3 aromatic rings. The molecule has 3 rings (SSSR count). The van der Waals surface area contributed by atoms with Gasteiger partial charge in [-0.1, -0.05) is 29.5 Å². The van der Waals surface area contributed by atoms with E-state index in [1.165, 1.54) is 11.3 Å². The summed E-state index contributed by atoms with van der Waals surface area (Å²) in [4.78, 5) is 12.7. The summed E-state index contributed by atoms with van der Waals surface area (Å²) in [5.41, 5.74) is 1.64. The first-order valence-corrected chi connectivity index (χ1v) is 6.55. The van der Waals surface area contributed by atoms with Crippen LogP contribution < -0.4 is 5.32 Å². The number of benzene rings is 1. The monoisotopic (exact) mass is 273 g/mol. The van der Waals surface area contributed by atoms with E-state index in [-0.39, 0.29) is 5.91 Å². The van der Waals surface area contributed by atoms with Gasteiger partial charge in [0.1, 0.15) is 11.3 Å². The topological polar surface area (TPSA) is 72.2 Å². The van der Waals surface area contributed by atoms with Crippen LogP contribution in [0.25, 0.3) is 4.96 Å². The van der Waals surface area contributed by atoms with E-state index in [1.54, 1.807) is 10.8 Å². The highest BCUT2D eigenvalue weighted by molar-refractivity contribution is 7.16. The summed E-state index contributed by atoms with van der Waals surface area (Å²) < 4.78 is 1.60. The van der Waals surface area contributed by atoms with Crippen LogP contribution in [0, 0.1) is 6.92 Å². The Balaban J connectivity index is 1.71. The van der Waals surface area contributed by atoms with Crippen LogP contribution in [0.4, 0.5) is 0 Å². The van der Waals surface area contributed by atoms with Crippen molar-refractivity contribution >= 4 is 22.2 Å². The lowest BCUT2D eigenvalue weighted by Crippen LogP contribution is -2.23. The van der Waals surface area contributed by atoms with E-state index in [1.807, 2.05) is 31.2 Å². The van der Waals surface area contributed by atoms with Crippen molar-refractivity contribution in [3.8, 4) is 0 Å². The van der Waals surface area contributed by atoms with Crippen LogP contribution in [0.1, 0.15) is 20.9 Å². The number of aryl methyl sites for hydroxylation is 1. The van der Waals surface area contributed by atoms with Crippen molar-refractivity contribution in [1.82, 2.24) is 25.1 Å². The summed E-state index contributed by atoms with van der Waals surface area (Å²) in [6.07, 6.45) is 1.54. The molecule has 1 aromatic carbocycles. The Morgan fingerprint density at radius 3 is 3.05 bits per heavy atom. The summed E-state index contributed by atoms with van der Waals surface area (Å²) in [6.45, 7) is 2.30. The van der Waals surface area contributed by atoms with E-state index < -0.39 is 0 Å². The highest BCUT2D eigenvalue weighted by Gasteiger charge is 2.10. The zero-order chi connectivity index (χ0) is 13.2. The van der Waals surface area contributed by atoms with Crippen LogP contribution in [0.5, 0.6) is 0 Å². The van der Waals surface area contributed by atoms with Crippen molar-refractivity contribution in [2.75, 3.05) is 0 Å². The molecule has 6 nitrogen and oxygen atoms in total. The average Bonchev–Trinajstić information content (AvgIpc) is 2.97. The van der Waals surface area contributed by atoms with Crippen LogP contribution in [-0.2, 0) is 6.54 Å². The lowest BCUT2D eigenvalue weighted by Gasteiger charge is -2.05. The SMILES string of the molecule is Cc1ccccc1C(=O)NCc1nn2cnnc2s1. The number of fused-ring (bicyclic) bond motifs is 1. The van der Waals surface area contributed by atoms with Crippen molar-refractivity contribution in [3.05, 3.63) is 46.7 Å². The van der Waals surface area contributed by atoms with Gasteiger partial charge in [0.05, 0.1) is 6.54 Å². The number of hydrogen-bond donors (Lipinski definition) is 1. The van der Waals surface area contributed by atoms with Gasteiger partial charge in [-0.3, -0.25) is 4.79 Å². The maximum Gasteiger partial charge on any atom is 0.251 e. The highest BCUT2D eigenvalue weighted by atomic mass is 32.1. The minimum Gasteiger partial charge on any atom is -0.345 e. The number of hydrogen-bond acceptors (Lipinski definition) is 5. The Morgan fingerprint density at radius 1 is 1.42 bits per heavy atom. The molecular weight excluding hydrogens is 262 g/mol. The molecule has 1 N–H and O–H groups in total. The zero-order valence-electron chi connectivity index (χ0n) is 10.2. The Labute approximate surface area is 113 Å². The van der Waals surface area contributed by atoms with Gasteiger partial charge < -0.3 is 5.32 Å². The van der Waals surface area contributed by atoms with Crippen LogP contribution in [0.2, 0.25) is 0 Å². The molecule has 7 heteroatoms. The summed E-state index contributed by atoms with van der Waals surface area (Å²) in [5, 5.41) is 15.5. The Kier molecular flexibility index (Phi) is 2.96. The third-order valence-corrected chi connectivity index (χ3v) is 3.63. The molecule has 0 spiro atoms. The number of nitrogens with zero attached hydrogens (tertiary/aromatic N) is 4. The predicted molar refractivity (Wildman–Crippen MR) is 71.0 cm³/mol. The van der Waals surface area contributed by atoms with Crippen molar-refractivity contribution in [3.63, 3.8) is 0 Å². The number of aromatic nitrogens is 4. The van der Waals surface area contributed by atoms with E-state index >= 15 is 0 Å². The van der Waals surface area contributed by atoms with Crippen molar-refractivity contribution < 1.29 is 4.79 Å². The highest BCUT2D eigenvalue weighted by Crippen LogP contribution is 2.12. The molecule has 0 radical (unpaired) electrons. The molecule has 0 aliphatic rings. The van der Waals surface area contributed by atoms with E-state index in [0.29, 0.717) is 12.1 Å². The molecule has 96 valence electrons. The third-order valence-electron chi connectivity index (χ3n) is 2.72. The number of amides is 1. The summed E-state index contributed by atoms with van der Waals surface area (Å²) in [7, 11) is 0. The molecule has 0 unspecified atom stereocenters. The summed E-state index contributed by atoms with van der Waals surface area (Å²) in [6, 6.07) is 7.49. The standard InChI is InChI=1S/C12H11N5OS/c1-8-4-2-3-5-9(8)11(18)13-6-10-16-17-7-14-15-12(17)19-10/h2-5,7H,6H2,1H3,(H,13,18). The normalized spacial score (nSPS) is 10.8. The molecule has 19 heavy (non-hydrogen) atoms. The van der Waals surface area contributed by atoms with Gasteiger partial charge in [0.2, 0.25) is 4.96 Å². The largest absolute Gasteiger partial charge is 0.345 e. The second-order valence-corrected chi connectivity index (χ2v) is 5.09. The smallest absolute Gasteiger partial charge is 0.251 e. The van der Waals surface area contributed by atoms with Crippen LogP contribution in [-0.4, -0.2) is 25.7 Å². The Hall–Kier alpha value is -2.28. The van der Waals surface area contributed by atoms with E-state index in [0.717, 1.165) is 15.5 Å². The van der Waals surface area contributed by atoms with Gasteiger partial charge in [-0.2, -0.15) is 9.61 Å². The summed E-state index contributed by atoms with van der Waals surface area (Å²) in [5.74, 6) is -0.0935. The molecule has 0 aliphatic carbocycles. The first-order valence-electron chi connectivity index (χ1n) is 5.73. The van der Waals surface area contributed by atoms with Gasteiger partial charge in [0, 0.05) is 5.56 Å². The first-order chi connectivity index (χ1) is 9.24. The fraction of sp³-hybridized carbons (Fsp3) is 0.167. The average molecular weight is 273 g/mol. The second-order valence-electron chi connectivity index (χ2n) is 4.05. The van der Waals surface area contributed by atoms with Crippen LogP contribution in [0.3, 0.4) is 0 Å².